The van der Waals surface area contributed by atoms with Gasteiger partial charge in [-0.1, -0.05) is 13.8 Å². The molecule has 0 bridgehead atoms. The largest absolute Gasteiger partial charge is 0.377 e. The summed E-state index contributed by atoms with van der Waals surface area (Å²) >= 11 is 0. The standard InChI is InChI=1S/C11H16O4/c1-11(2)4-7(12)10(8(13)5-11)9(14)6-15-3/h10H,4-6H2,1-3H3. The van der Waals surface area contributed by atoms with Gasteiger partial charge in [0, 0.05) is 20.0 Å². The van der Waals surface area contributed by atoms with Crippen molar-refractivity contribution in [2.24, 2.45) is 11.3 Å². The van der Waals surface area contributed by atoms with E-state index in [9.17, 15) is 14.4 Å². The summed E-state index contributed by atoms with van der Waals surface area (Å²) in [5, 5.41) is 0. The van der Waals surface area contributed by atoms with Crippen molar-refractivity contribution in [3.05, 3.63) is 0 Å². The maximum absolute atomic E-state index is 11.6. The van der Waals surface area contributed by atoms with Crippen molar-refractivity contribution >= 4 is 17.3 Å². The van der Waals surface area contributed by atoms with Crippen LogP contribution in [0.4, 0.5) is 0 Å². The molecule has 0 aromatic rings. The van der Waals surface area contributed by atoms with Gasteiger partial charge in [-0.3, -0.25) is 14.4 Å². The number of hydrogen-bond donors (Lipinski definition) is 0. The molecular weight excluding hydrogens is 196 g/mol. The zero-order valence-electron chi connectivity index (χ0n) is 9.33. The SMILES string of the molecule is COCC(=O)C1C(=O)CC(C)(C)CC1=O. The van der Waals surface area contributed by atoms with Crippen LogP contribution in [0.1, 0.15) is 26.7 Å². The minimum absolute atomic E-state index is 0.164. The van der Waals surface area contributed by atoms with Gasteiger partial charge in [-0.2, -0.15) is 0 Å². The molecule has 1 aliphatic rings. The van der Waals surface area contributed by atoms with Gasteiger partial charge in [-0.15, -0.1) is 0 Å². The lowest BCUT2D eigenvalue weighted by Gasteiger charge is -2.31. The first-order chi connectivity index (χ1) is 6.87. The van der Waals surface area contributed by atoms with Gasteiger partial charge in [0.05, 0.1) is 0 Å². The van der Waals surface area contributed by atoms with Crippen LogP contribution in [0.15, 0.2) is 0 Å². The highest BCUT2D eigenvalue weighted by molar-refractivity contribution is 6.21. The molecule has 0 radical (unpaired) electrons. The molecule has 0 heterocycles. The van der Waals surface area contributed by atoms with E-state index in [2.05, 4.69) is 4.74 Å². The second-order valence-corrected chi connectivity index (χ2v) is 4.78. The molecular formula is C11H16O4. The van der Waals surface area contributed by atoms with Crippen molar-refractivity contribution in [2.45, 2.75) is 26.7 Å². The molecule has 0 spiro atoms. The highest BCUT2D eigenvalue weighted by Gasteiger charge is 2.42. The molecule has 4 nitrogen and oxygen atoms in total. The van der Waals surface area contributed by atoms with Crippen LogP contribution in [0.25, 0.3) is 0 Å². The summed E-state index contributed by atoms with van der Waals surface area (Å²) in [6.07, 6.45) is 0.581. The molecule has 0 atom stereocenters. The lowest BCUT2D eigenvalue weighted by atomic mass is 9.70. The molecule has 84 valence electrons. The van der Waals surface area contributed by atoms with Crippen LogP contribution in [0, 0.1) is 11.3 Å². The fourth-order valence-corrected chi connectivity index (χ4v) is 1.97. The van der Waals surface area contributed by atoms with E-state index in [1.807, 2.05) is 13.8 Å². The maximum Gasteiger partial charge on any atom is 0.176 e. The summed E-state index contributed by atoms with van der Waals surface area (Å²) in [5.41, 5.74) is -0.308. The smallest absolute Gasteiger partial charge is 0.176 e. The molecule has 0 unspecified atom stereocenters. The van der Waals surface area contributed by atoms with Crippen LogP contribution in [-0.2, 0) is 19.1 Å². The molecule has 0 amide bonds. The normalized spacial score (nSPS) is 21.8. The quantitative estimate of drug-likeness (QED) is 0.648. The van der Waals surface area contributed by atoms with Crippen molar-refractivity contribution in [3.63, 3.8) is 0 Å². The van der Waals surface area contributed by atoms with Crippen LogP contribution in [0.2, 0.25) is 0 Å². The summed E-state index contributed by atoms with van der Waals surface area (Å²) in [6.45, 7) is 3.56. The Morgan fingerprint density at radius 2 is 1.80 bits per heavy atom. The fourth-order valence-electron chi connectivity index (χ4n) is 1.97. The Hall–Kier alpha value is -1.03. The van der Waals surface area contributed by atoms with E-state index in [-0.39, 0.29) is 23.6 Å². The van der Waals surface area contributed by atoms with Gasteiger partial charge in [0.1, 0.15) is 12.5 Å². The third kappa shape index (κ3) is 2.72. The van der Waals surface area contributed by atoms with Crippen LogP contribution < -0.4 is 0 Å². The molecule has 0 aromatic carbocycles. The number of hydrogen-bond acceptors (Lipinski definition) is 4. The lowest BCUT2D eigenvalue weighted by molar-refractivity contribution is -0.146. The van der Waals surface area contributed by atoms with Crippen LogP contribution in [0.5, 0.6) is 0 Å². The Labute approximate surface area is 89.0 Å². The maximum atomic E-state index is 11.6. The Bertz CT molecular complexity index is 284. The zero-order valence-corrected chi connectivity index (χ0v) is 9.33. The minimum Gasteiger partial charge on any atom is -0.377 e. The topological polar surface area (TPSA) is 60.4 Å². The van der Waals surface area contributed by atoms with Crippen molar-refractivity contribution in [2.75, 3.05) is 13.7 Å². The third-order valence-corrected chi connectivity index (χ3v) is 2.56. The average Bonchev–Trinajstić information content (AvgIpc) is 1.99. The summed E-state index contributed by atoms with van der Waals surface area (Å²) in [4.78, 5) is 34.7. The molecule has 0 aromatic heterocycles. The lowest BCUT2D eigenvalue weighted by Crippen LogP contribution is -2.42. The number of carbonyl (C=O) groups is 3. The molecule has 15 heavy (non-hydrogen) atoms. The van der Waals surface area contributed by atoms with Crippen molar-refractivity contribution in [1.29, 1.82) is 0 Å². The van der Waals surface area contributed by atoms with E-state index in [1.165, 1.54) is 7.11 Å². The van der Waals surface area contributed by atoms with Crippen molar-refractivity contribution in [3.8, 4) is 0 Å². The predicted octanol–water partition coefficient (Wildman–Crippen LogP) is 0.776. The number of methoxy groups -OCH3 is 1. The zero-order chi connectivity index (χ0) is 11.6. The first-order valence-electron chi connectivity index (χ1n) is 4.94. The first-order valence-corrected chi connectivity index (χ1v) is 4.94. The Kier molecular flexibility index (Phi) is 3.39. The number of ketones is 3. The summed E-state index contributed by atoms with van der Waals surface area (Å²) in [5.74, 6) is -2.02. The Morgan fingerprint density at radius 3 is 2.20 bits per heavy atom. The molecule has 0 aliphatic heterocycles. The van der Waals surface area contributed by atoms with Gasteiger partial charge in [0.15, 0.2) is 17.3 Å². The second-order valence-electron chi connectivity index (χ2n) is 4.78. The van der Waals surface area contributed by atoms with Gasteiger partial charge in [0.25, 0.3) is 0 Å². The number of rotatable bonds is 3. The summed E-state index contributed by atoms with van der Waals surface area (Å²) < 4.78 is 4.65. The highest BCUT2D eigenvalue weighted by atomic mass is 16.5. The van der Waals surface area contributed by atoms with Gasteiger partial charge < -0.3 is 4.74 Å². The Morgan fingerprint density at radius 1 is 1.33 bits per heavy atom. The van der Waals surface area contributed by atoms with Gasteiger partial charge in [-0.25, -0.2) is 0 Å². The minimum atomic E-state index is -1.07. The number of Topliss-reactive ketones (excluding diaryl/α,β-unsaturated/α-hetero) is 3. The summed E-state index contributed by atoms with van der Waals surface area (Å²) in [6, 6.07) is 0. The second kappa shape index (κ2) is 4.23. The van der Waals surface area contributed by atoms with E-state index in [0.717, 1.165) is 0 Å². The molecule has 1 rings (SSSR count). The number of carbonyl (C=O) groups excluding carboxylic acids is 3. The molecule has 1 aliphatic carbocycles. The molecule has 0 N–H and O–H groups in total. The molecule has 1 saturated carbocycles. The van der Waals surface area contributed by atoms with Crippen LogP contribution in [0.3, 0.4) is 0 Å². The van der Waals surface area contributed by atoms with Crippen LogP contribution >= 0.6 is 0 Å². The average molecular weight is 212 g/mol. The van der Waals surface area contributed by atoms with Gasteiger partial charge >= 0.3 is 0 Å². The molecule has 4 heteroatoms. The van der Waals surface area contributed by atoms with E-state index >= 15 is 0 Å². The van der Waals surface area contributed by atoms with E-state index in [0.29, 0.717) is 12.8 Å². The third-order valence-electron chi connectivity index (χ3n) is 2.56. The molecule has 0 saturated heterocycles. The Balaban J connectivity index is 2.80. The number of ether oxygens (including phenoxy) is 1. The van der Waals surface area contributed by atoms with Crippen molar-refractivity contribution < 1.29 is 19.1 Å². The van der Waals surface area contributed by atoms with E-state index in [4.69, 9.17) is 0 Å². The monoisotopic (exact) mass is 212 g/mol. The van der Waals surface area contributed by atoms with E-state index < -0.39 is 11.7 Å². The fraction of sp³-hybridized carbons (Fsp3) is 0.727. The van der Waals surface area contributed by atoms with E-state index in [1.54, 1.807) is 0 Å². The highest BCUT2D eigenvalue weighted by Crippen LogP contribution is 2.34. The van der Waals surface area contributed by atoms with Gasteiger partial charge in [0.2, 0.25) is 0 Å². The van der Waals surface area contributed by atoms with Crippen LogP contribution in [-0.4, -0.2) is 31.1 Å². The first kappa shape index (κ1) is 12.0. The summed E-state index contributed by atoms with van der Waals surface area (Å²) in [7, 11) is 1.37. The van der Waals surface area contributed by atoms with Crippen molar-refractivity contribution in [1.82, 2.24) is 0 Å². The molecule has 1 fully saturated rings. The predicted molar refractivity (Wildman–Crippen MR) is 53.4 cm³/mol. The van der Waals surface area contributed by atoms with Gasteiger partial charge in [-0.05, 0) is 5.41 Å².